The van der Waals surface area contributed by atoms with Gasteiger partial charge in [-0.15, -0.1) is 0 Å². The lowest BCUT2D eigenvalue weighted by Gasteiger charge is -2.63. The normalized spacial score (nSPS) is 52.8. The zero-order chi connectivity index (χ0) is 35.2. The Morgan fingerprint density at radius 3 is 2.19 bits per heavy atom. The minimum absolute atomic E-state index is 0.240. The number of allylic oxidation sites excluding steroid dienone is 1. The summed E-state index contributed by atoms with van der Waals surface area (Å²) in [5, 5.41) is 24.0. The first-order chi connectivity index (χ1) is 22.2. The Labute approximate surface area is 280 Å². The number of epoxide rings is 1. The third-order valence-electron chi connectivity index (χ3n) is 14.2. The predicted octanol–water partition coefficient (Wildman–Crippen LogP) is 2.51. The molecule has 0 aromatic heterocycles. The quantitative estimate of drug-likeness (QED) is 0.254. The van der Waals surface area contributed by atoms with Crippen LogP contribution in [0.15, 0.2) is 11.8 Å². The standard InChI is InChI=1S/C36H48O12/c1-13(2)31(41)48-30-28-19(46-28)11-18-26(39)27(40)22-17(33(18,30)6)12-20(44-15(4)37)34(7)23-14(3)10-21-35(8,36(9,43)32(42)47-21)25(23)29(24(22)34)45-16(5)38/h10,13-14,17-20,22-25,27-30,40,43H,11-12H2,1-9H3/t14-,17+,18-,19+,20+,22-,23+,24-,25+,27-,28+,29-,30+,33-,34-,35+,36-/m1/s1. The molecule has 7 aliphatic rings. The first kappa shape index (κ1) is 33.7. The number of fused-ring (bicyclic) bond motifs is 10. The van der Waals surface area contributed by atoms with E-state index in [4.69, 9.17) is 23.7 Å². The lowest BCUT2D eigenvalue weighted by Crippen LogP contribution is -2.70. The van der Waals surface area contributed by atoms with Crippen molar-refractivity contribution in [3.8, 4) is 0 Å². The van der Waals surface area contributed by atoms with Crippen LogP contribution in [0.25, 0.3) is 0 Å². The Hall–Kier alpha value is -2.83. The van der Waals surface area contributed by atoms with Crippen LogP contribution in [0.1, 0.15) is 75.2 Å². The van der Waals surface area contributed by atoms with Gasteiger partial charge in [-0.25, -0.2) is 4.79 Å². The van der Waals surface area contributed by atoms with Crippen LogP contribution in [0.3, 0.4) is 0 Å². The van der Waals surface area contributed by atoms with Gasteiger partial charge in [0, 0.05) is 48.3 Å². The Kier molecular flexibility index (Phi) is 7.26. The summed E-state index contributed by atoms with van der Waals surface area (Å²) in [6.07, 6.45) is -2.35. The first-order valence-corrected chi connectivity index (χ1v) is 17.3. The highest BCUT2D eigenvalue weighted by molar-refractivity contribution is 5.88. The van der Waals surface area contributed by atoms with Gasteiger partial charge in [-0.05, 0) is 50.5 Å². The smallest absolute Gasteiger partial charge is 0.343 e. The van der Waals surface area contributed by atoms with Crippen LogP contribution in [0, 0.1) is 63.6 Å². The van der Waals surface area contributed by atoms with Crippen molar-refractivity contribution in [2.45, 2.75) is 117 Å². The number of hydrogen-bond donors (Lipinski definition) is 2. The van der Waals surface area contributed by atoms with Crippen molar-refractivity contribution in [1.29, 1.82) is 0 Å². The summed E-state index contributed by atoms with van der Waals surface area (Å²) in [7, 11) is 0. The van der Waals surface area contributed by atoms with Crippen LogP contribution in [-0.4, -0.2) is 82.1 Å². The molecule has 2 N–H and O–H groups in total. The van der Waals surface area contributed by atoms with Crippen molar-refractivity contribution in [1.82, 2.24) is 0 Å². The highest BCUT2D eigenvalue weighted by Crippen LogP contribution is 2.75. The van der Waals surface area contributed by atoms with E-state index < -0.39 is 118 Å². The third kappa shape index (κ3) is 4.02. The number of aliphatic hydroxyl groups excluding tert-OH is 1. The molecule has 0 spiro atoms. The molecule has 0 radical (unpaired) electrons. The van der Waals surface area contributed by atoms with Gasteiger partial charge in [0.2, 0.25) is 0 Å². The molecule has 2 saturated heterocycles. The van der Waals surface area contributed by atoms with E-state index in [0.717, 1.165) is 0 Å². The molecular weight excluding hydrogens is 624 g/mol. The number of rotatable bonds is 4. The van der Waals surface area contributed by atoms with E-state index in [-0.39, 0.29) is 30.0 Å². The molecular formula is C36H48O12. The molecule has 4 saturated carbocycles. The van der Waals surface area contributed by atoms with Gasteiger partial charge in [-0.2, -0.15) is 0 Å². The third-order valence-corrected chi connectivity index (χ3v) is 14.2. The van der Waals surface area contributed by atoms with Crippen molar-refractivity contribution in [3.05, 3.63) is 11.8 Å². The fourth-order valence-corrected chi connectivity index (χ4v) is 11.9. The van der Waals surface area contributed by atoms with E-state index in [1.807, 2.05) is 26.8 Å². The van der Waals surface area contributed by atoms with E-state index in [9.17, 15) is 34.2 Å². The van der Waals surface area contributed by atoms with Crippen molar-refractivity contribution in [3.63, 3.8) is 0 Å². The number of Topliss-reactive ketones (excluding diaryl/α,β-unsaturated/α-hetero) is 1. The Bertz CT molecular complexity index is 1520. The molecule has 6 fully saturated rings. The molecule has 0 amide bonds. The number of aliphatic hydroxyl groups is 2. The molecule has 0 unspecified atom stereocenters. The van der Waals surface area contributed by atoms with Crippen LogP contribution in [0.2, 0.25) is 0 Å². The molecule has 7 rings (SSSR count). The van der Waals surface area contributed by atoms with Gasteiger partial charge >= 0.3 is 23.9 Å². The SMILES string of the molecule is CC(=O)O[C@@H]1[C@H]2[C@@H]3[C@@H](O)C(=O)[C@H]4C[C@@H]5O[C@@H]5[C@H](OC(=O)C(C)C)[C@]4(C)[C@H]3C[C@H](OC(C)=O)[C@]2(C)[C@@H]2[C@@H]1[C@]1(C)C(=C[C@H]2C)OC(=O)[C@@]1(C)O. The van der Waals surface area contributed by atoms with Crippen molar-refractivity contribution in [2.75, 3.05) is 0 Å². The zero-order valence-corrected chi connectivity index (χ0v) is 29.1. The van der Waals surface area contributed by atoms with Crippen LogP contribution in [-0.2, 0) is 47.7 Å². The molecule has 12 nitrogen and oxygen atoms in total. The summed E-state index contributed by atoms with van der Waals surface area (Å²) in [5.41, 5.74) is -5.39. The molecule has 2 heterocycles. The molecule has 0 aromatic carbocycles. The maximum absolute atomic E-state index is 14.4. The molecule has 264 valence electrons. The summed E-state index contributed by atoms with van der Waals surface area (Å²) in [6.45, 7) is 15.0. The fraction of sp³-hybridized carbons (Fsp3) is 0.806. The Balaban J connectivity index is 1.45. The van der Waals surface area contributed by atoms with Crippen molar-refractivity contribution < 1.29 is 57.9 Å². The molecule has 0 aromatic rings. The van der Waals surface area contributed by atoms with Crippen LogP contribution in [0.5, 0.6) is 0 Å². The lowest BCUT2D eigenvalue weighted by molar-refractivity contribution is -0.235. The van der Waals surface area contributed by atoms with Gasteiger partial charge in [-0.1, -0.05) is 34.6 Å². The molecule has 48 heavy (non-hydrogen) atoms. The summed E-state index contributed by atoms with van der Waals surface area (Å²) < 4.78 is 30.4. The van der Waals surface area contributed by atoms with E-state index in [1.165, 1.54) is 20.8 Å². The van der Waals surface area contributed by atoms with Crippen molar-refractivity contribution >= 4 is 29.7 Å². The number of hydrogen-bond acceptors (Lipinski definition) is 12. The summed E-state index contributed by atoms with van der Waals surface area (Å²) in [6, 6.07) is 0. The minimum Gasteiger partial charge on any atom is -0.462 e. The zero-order valence-electron chi connectivity index (χ0n) is 29.1. The number of carbonyl (C=O) groups excluding carboxylic acids is 5. The highest BCUT2D eigenvalue weighted by Gasteiger charge is 2.81. The van der Waals surface area contributed by atoms with Crippen LogP contribution < -0.4 is 0 Å². The first-order valence-electron chi connectivity index (χ1n) is 17.3. The van der Waals surface area contributed by atoms with E-state index in [2.05, 4.69) is 0 Å². The van der Waals surface area contributed by atoms with Gasteiger partial charge < -0.3 is 33.9 Å². The molecule has 12 heteroatoms. The number of ketones is 1. The Morgan fingerprint density at radius 2 is 1.58 bits per heavy atom. The summed E-state index contributed by atoms with van der Waals surface area (Å²) >= 11 is 0. The maximum atomic E-state index is 14.4. The lowest BCUT2D eigenvalue weighted by atomic mass is 9.42. The average molecular weight is 673 g/mol. The predicted molar refractivity (Wildman–Crippen MR) is 164 cm³/mol. The van der Waals surface area contributed by atoms with Gasteiger partial charge in [0.1, 0.15) is 36.3 Å². The average Bonchev–Trinajstić information content (AvgIpc) is 3.67. The van der Waals surface area contributed by atoms with Crippen LogP contribution >= 0.6 is 0 Å². The second-order valence-corrected chi connectivity index (χ2v) is 16.7. The Morgan fingerprint density at radius 1 is 0.938 bits per heavy atom. The van der Waals surface area contributed by atoms with E-state index in [0.29, 0.717) is 6.42 Å². The largest absolute Gasteiger partial charge is 0.462 e. The molecule has 2 aliphatic heterocycles. The van der Waals surface area contributed by atoms with Gasteiger partial charge in [0.05, 0.1) is 17.4 Å². The maximum Gasteiger partial charge on any atom is 0.343 e. The topological polar surface area (TPSA) is 175 Å². The van der Waals surface area contributed by atoms with Gasteiger partial charge in [0.15, 0.2) is 11.4 Å². The fourth-order valence-electron chi connectivity index (χ4n) is 11.9. The number of carbonyl (C=O) groups is 5. The van der Waals surface area contributed by atoms with Crippen molar-refractivity contribution in [2.24, 2.45) is 63.6 Å². The monoisotopic (exact) mass is 672 g/mol. The van der Waals surface area contributed by atoms with E-state index >= 15 is 0 Å². The molecule has 0 bridgehead atoms. The van der Waals surface area contributed by atoms with Gasteiger partial charge in [-0.3, -0.25) is 19.2 Å². The number of ether oxygens (including phenoxy) is 5. The minimum atomic E-state index is -2.00. The summed E-state index contributed by atoms with van der Waals surface area (Å²) in [4.78, 5) is 66.7. The summed E-state index contributed by atoms with van der Waals surface area (Å²) in [5.74, 6) is -7.22. The van der Waals surface area contributed by atoms with E-state index in [1.54, 1.807) is 20.8 Å². The number of esters is 4. The molecule has 17 atom stereocenters. The second-order valence-electron chi connectivity index (χ2n) is 16.7. The van der Waals surface area contributed by atoms with Crippen LogP contribution in [0.4, 0.5) is 0 Å². The highest BCUT2D eigenvalue weighted by atomic mass is 16.6. The molecule has 5 aliphatic carbocycles. The van der Waals surface area contributed by atoms with Gasteiger partial charge in [0.25, 0.3) is 0 Å². The second kappa shape index (κ2) is 10.4.